The summed E-state index contributed by atoms with van der Waals surface area (Å²) in [4.78, 5) is 2.05. The Morgan fingerprint density at radius 2 is 2.09 bits per heavy atom. The highest BCUT2D eigenvalue weighted by Gasteiger charge is 2.13. The standard InChI is InChI=1S/C7H14NO3/c9-6-7(10)5-8-1-3-11-4-2-8/h7,10H,1-6H2/t7-/m1/s1. The van der Waals surface area contributed by atoms with Crippen molar-refractivity contribution in [1.29, 1.82) is 0 Å². The molecule has 1 aliphatic heterocycles. The average Bonchev–Trinajstić information content (AvgIpc) is 2.06. The van der Waals surface area contributed by atoms with Crippen molar-refractivity contribution in [1.82, 2.24) is 4.90 Å². The van der Waals surface area contributed by atoms with E-state index in [2.05, 4.69) is 0 Å². The van der Waals surface area contributed by atoms with Crippen LogP contribution >= 0.6 is 0 Å². The molecular formula is C7H14NO3. The second-order valence-electron chi connectivity index (χ2n) is 2.73. The van der Waals surface area contributed by atoms with Gasteiger partial charge in [-0.05, 0) is 0 Å². The smallest absolute Gasteiger partial charge is 0.109 e. The van der Waals surface area contributed by atoms with Gasteiger partial charge in [-0.2, -0.15) is 0 Å². The van der Waals surface area contributed by atoms with Gasteiger partial charge in [0, 0.05) is 19.6 Å². The third-order valence-electron chi connectivity index (χ3n) is 1.77. The molecule has 1 aliphatic rings. The van der Waals surface area contributed by atoms with Crippen LogP contribution in [0.1, 0.15) is 0 Å². The van der Waals surface area contributed by atoms with E-state index in [-0.39, 0.29) is 0 Å². The Morgan fingerprint density at radius 3 is 2.64 bits per heavy atom. The van der Waals surface area contributed by atoms with Crippen molar-refractivity contribution < 1.29 is 14.9 Å². The fourth-order valence-electron chi connectivity index (χ4n) is 1.13. The summed E-state index contributed by atoms with van der Waals surface area (Å²) in [6, 6.07) is 0. The highest BCUT2D eigenvalue weighted by molar-refractivity contribution is 4.65. The van der Waals surface area contributed by atoms with Crippen molar-refractivity contribution in [2.45, 2.75) is 6.10 Å². The SMILES string of the molecule is [O]C[C@H](O)CN1CCOCC1. The maximum absolute atomic E-state index is 10.2. The Hall–Kier alpha value is -0.160. The summed E-state index contributed by atoms with van der Waals surface area (Å²) in [5.74, 6) is 0. The fraction of sp³-hybridized carbons (Fsp3) is 1.00. The molecule has 1 N–H and O–H groups in total. The molecule has 0 saturated carbocycles. The van der Waals surface area contributed by atoms with Crippen molar-refractivity contribution in [2.24, 2.45) is 0 Å². The van der Waals surface area contributed by atoms with Gasteiger partial charge in [0.25, 0.3) is 0 Å². The zero-order valence-corrected chi connectivity index (χ0v) is 6.53. The zero-order chi connectivity index (χ0) is 8.10. The van der Waals surface area contributed by atoms with E-state index in [4.69, 9.17) is 9.84 Å². The lowest BCUT2D eigenvalue weighted by Gasteiger charge is -2.27. The molecular weight excluding hydrogens is 146 g/mol. The van der Waals surface area contributed by atoms with Crippen LogP contribution in [-0.4, -0.2) is 55.6 Å². The molecule has 4 heteroatoms. The molecule has 0 unspecified atom stereocenters. The number of nitrogens with zero attached hydrogens (tertiary/aromatic N) is 1. The number of ether oxygens (including phenoxy) is 1. The van der Waals surface area contributed by atoms with E-state index in [0.717, 1.165) is 13.1 Å². The lowest BCUT2D eigenvalue weighted by molar-refractivity contribution is -0.00913. The van der Waals surface area contributed by atoms with Crippen LogP contribution in [0.25, 0.3) is 0 Å². The van der Waals surface area contributed by atoms with Crippen molar-refractivity contribution in [3.05, 3.63) is 0 Å². The first-order valence-corrected chi connectivity index (χ1v) is 3.89. The first-order chi connectivity index (χ1) is 5.33. The summed E-state index contributed by atoms with van der Waals surface area (Å²) < 4.78 is 5.11. The van der Waals surface area contributed by atoms with Gasteiger partial charge in [-0.15, -0.1) is 0 Å². The minimum atomic E-state index is -0.715. The summed E-state index contributed by atoms with van der Waals surface area (Å²) in [7, 11) is 0. The van der Waals surface area contributed by atoms with Gasteiger partial charge in [-0.1, -0.05) is 0 Å². The number of β-amino-alcohol motifs (C(OH)–C–C–N with tert-alkyl or cyclic N) is 1. The largest absolute Gasteiger partial charge is 0.389 e. The van der Waals surface area contributed by atoms with Crippen LogP contribution in [0.2, 0.25) is 0 Å². The summed E-state index contributed by atoms with van der Waals surface area (Å²) in [6.45, 7) is 3.18. The average molecular weight is 160 g/mol. The predicted molar refractivity (Wildman–Crippen MR) is 38.8 cm³/mol. The molecule has 0 aliphatic carbocycles. The first kappa shape index (κ1) is 8.93. The molecule has 1 rings (SSSR count). The number of aliphatic hydroxyl groups is 1. The normalized spacial score (nSPS) is 23.5. The Labute approximate surface area is 66.4 Å². The van der Waals surface area contributed by atoms with Gasteiger partial charge in [0.05, 0.1) is 19.3 Å². The molecule has 0 spiro atoms. The van der Waals surface area contributed by atoms with E-state index in [1.54, 1.807) is 0 Å². The van der Waals surface area contributed by atoms with Crippen LogP contribution in [0.15, 0.2) is 0 Å². The van der Waals surface area contributed by atoms with E-state index in [1.807, 2.05) is 4.90 Å². The number of rotatable bonds is 3. The molecule has 0 bridgehead atoms. The van der Waals surface area contributed by atoms with Crippen LogP contribution in [0.4, 0.5) is 0 Å². The van der Waals surface area contributed by atoms with Crippen molar-refractivity contribution in [3.63, 3.8) is 0 Å². The molecule has 65 valence electrons. The van der Waals surface area contributed by atoms with E-state index < -0.39 is 12.7 Å². The minimum Gasteiger partial charge on any atom is -0.389 e. The van der Waals surface area contributed by atoms with E-state index in [0.29, 0.717) is 19.8 Å². The molecule has 1 radical (unpaired) electrons. The highest BCUT2D eigenvalue weighted by atomic mass is 16.5. The van der Waals surface area contributed by atoms with E-state index >= 15 is 0 Å². The molecule has 1 heterocycles. The van der Waals surface area contributed by atoms with Crippen LogP contribution in [-0.2, 0) is 9.84 Å². The Balaban J connectivity index is 2.13. The fourth-order valence-corrected chi connectivity index (χ4v) is 1.13. The summed E-state index contributed by atoms with van der Waals surface area (Å²) in [5, 5.41) is 19.2. The summed E-state index contributed by atoms with van der Waals surface area (Å²) >= 11 is 0. The zero-order valence-electron chi connectivity index (χ0n) is 6.53. The summed E-state index contributed by atoms with van der Waals surface area (Å²) in [5.41, 5.74) is 0. The molecule has 11 heavy (non-hydrogen) atoms. The van der Waals surface area contributed by atoms with Crippen LogP contribution in [0.3, 0.4) is 0 Å². The number of hydrogen-bond acceptors (Lipinski definition) is 3. The third-order valence-corrected chi connectivity index (χ3v) is 1.77. The molecule has 1 saturated heterocycles. The van der Waals surface area contributed by atoms with Gasteiger partial charge in [-0.3, -0.25) is 4.90 Å². The maximum atomic E-state index is 10.2. The van der Waals surface area contributed by atoms with Crippen molar-refractivity contribution in [2.75, 3.05) is 39.5 Å². The highest BCUT2D eigenvalue weighted by Crippen LogP contribution is 1.97. The number of aliphatic hydroxyl groups excluding tert-OH is 1. The monoisotopic (exact) mass is 160 g/mol. The van der Waals surface area contributed by atoms with Crippen LogP contribution in [0, 0.1) is 0 Å². The molecule has 0 aromatic heterocycles. The lowest BCUT2D eigenvalue weighted by atomic mass is 10.3. The minimum absolute atomic E-state index is 0.405. The quantitative estimate of drug-likeness (QED) is 0.582. The number of morpholine rings is 1. The Bertz CT molecular complexity index is 104. The van der Waals surface area contributed by atoms with E-state index in [1.165, 1.54) is 0 Å². The molecule has 0 amide bonds. The number of hydrogen-bond donors (Lipinski definition) is 1. The Morgan fingerprint density at radius 1 is 1.45 bits per heavy atom. The van der Waals surface area contributed by atoms with Gasteiger partial charge >= 0.3 is 0 Å². The molecule has 1 atom stereocenters. The van der Waals surface area contributed by atoms with Gasteiger partial charge in [0.1, 0.15) is 6.61 Å². The van der Waals surface area contributed by atoms with Crippen molar-refractivity contribution in [3.8, 4) is 0 Å². The molecule has 0 aromatic rings. The molecule has 4 nitrogen and oxygen atoms in total. The second-order valence-corrected chi connectivity index (χ2v) is 2.73. The van der Waals surface area contributed by atoms with Gasteiger partial charge in [0.15, 0.2) is 0 Å². The first-order valence-electron chi connectivity index (χ1n) is 3.89. The molecule has 1 fully saturated rings. The van der Waals surface area contributed by atoms with Crippen LogP contribution in [0.5, 0.6) is 0 Å². The maximum Gasteiger partial charge on any atom is 0.109 e. The predicted octanol–water partition coefficient (Wildman–Crippen LogP) is -0.890. The molecule has 0 aromatic carbocycles. The lowest BCUT2D eigenvalue weighted by Crippen LogP contribution is -2.41. The van der Waals surface area contributed by atoms with Gasteiger partial charge in [-0.25, -0.2) is 5.11 Å². The summed E-state index contributed by atoms with van der Waals surface area (Å²) in [6.07, 6.45) is -0.715. The van der Waals surface area contributed by atoms with Crippen LogP contribution < -0.4 is 0 Å². The topological polar surface area (TPSA) is 52.6 Å². The van der Waals surface area contributed by atoms with Gasteiger partial charge in [0.2, 0.25) is 0 Å². The van der Waals surface area contributed by atoms with Crippen molar-refractivity contribution >= 4 is 0 Å². The van der Waals surface area contributed by atoms with Gasteiger partial charge < -0.3 is 9.84 Å². The second kappa shape index (κ2) is 4.66. The van der Waals surface area contributed by atoms with E-state index in [9.17, 15) is 5.11 Å². The Kier molecular flexibility index (Phi) is 3.79. The third kappa shape index (κ3) is 3.16.